The van der Waals surface area contributed by atoms with Crippen molar-refractivity contribution < 1.29 is 19.4 Å². The quantitative estimate of drug-likeness (QED) is 0.705. The molecule has 1 rings (SSSR count). The van der Waals surface area contributed by atoms with Gasteiger partial charge in [0.1, 0.15) is 5.60 Å². The lowest BCUT2D eigenvalue weighted by Gasteiger charge is -2.25. The van der Waals surface area contributed by atoms with Crippen LogP contribution in [-0.2, 0) is 14.3 Å². The lowest BCUT2D eigenvalue weighted by atomic mass is 10.0. The second-order valence-corrected chi connectivity index (χ2v) is 4.73. The Morgan fingerprint density at radius 1 is 1.50 bits per heavy atom. The van der Waals surface area contributed by atoms with Crippen molar-refractivity contribution in [2.24, 2.45) is 5.92 Å². The summed E-state index contributed by atoms with van der Waals surface area (Å²) >= 11 is 0. The van der Waals surface area contributed by atoms with Crippen LogP contribution < -0.4 is 5.32 Å². The smallest absolute Gasteiger partial charge is 0.305 e. The van der Waals surface area contributed by atoms with Gasteiger partial charge in [0.25, 0.3) is 5.91 Å². The summed E-state index contributed by atoms with van der Waals surface area (Å²) in [7, 11) is 1.46. The molecular formula is C11H19NO4. The van der Waals surface area contributed by atoms with Gasteiger partial charge >= 0.3 is 5.97 Å². The molecule has 0 aromatic rings. The first-order valence-corrected chi connectivity index (χ1v) is 5.44. The molecule has 1 atom stereocenters. The van der Waals surface area contributed by atoms with Crippen LogP contribution in [0.2, 0.25) is 0 Å². The second kappa shape index (κ2) is 4.82. The summed E-state index contributed by atoms with van der Waals surface area (Å²) in [6.07, 6.45) is 1.97. The molecule has 0 aliphatic heterocycles. The van der Waals surface area contributed by atoms with Gasteiger partial charge < -0.3 is 15.2 Å². The summed E-state index contributed by atoms with van der Waals surface area (Å²) in [5.74, 6) is -0.826. The van der Waals surface area contributed by atoms with Crippen molar-refractivity contribution in [1.29, 1.82) is 0 Å². The number of carbonyl (C=O) groups excluding carboxylic acids is 1. The summed E-state index contributed by atoms with van der Waals surface area (Å²) in [6.45, 7) is 3.32. The Hall–Kier alpha value is -1.10. The van der Waals surface area contributed by atoms with Crippen molar-refractivity contribution in [3.05, 3.63) is 0 Å². The zero-order valence-electron chi connectivity index (χ0n) is 9.95. The minimum atomic E-state index is -0.911. The zero-order valence-corrected chi connectivity index (χ0v) is 9.95. The molecule has 16 heavy (non-hydrogen) atoms. The first-order chi connectivity index (χ1) is 7.36. The van der Waals surface area contributed by atoms with Crippen molar-refractivity contribution in [1.82, 2.24) is 5.32 Å². The Labute approximate surface area is 95.2 Å². The number of aliphatic carboxylic acids is 1. The average molecular weight is 229 g/mol. The Morgan fingerprint density at radius 3 is 2.44 bits per heavy atom. The third-order valence-corrected chi connectivity index (χ3v) is 2.96. The van der Waals surface area contributed by atoms with Crippen LogP contribution in [0.4, 0.5) is 0 Å². The highest BCUT2D eigenvalue weighted by Gasteiger charge is 2.37. The molecule has 1 fully saturated rings. The molecule has 0 aromatic heterocycles. The van der Waals surface area contributed by atoms with Crippen molar-refractivity contribution in [2.45, 2.75) is 44.8 Å². The number of carboxylic acids is 1. The van der Waals surface area contributed by atoms with Crippen LogP contribution in [0.5, 0.6) is 0 Å². The fraction of sp³-hybridized carbons (Fsp3) is 0.818. The Balaban J connectivity index is 2.54. The van der Waals surface area contributed by atoms with Gasteiger partial charge in [-0.2, -0.15) is 0 Å². The van der Waals surface area contributed by atoms with Gasteiger partial charge in [-0.1, -0.05) is 0 Å². The van der Waals surface area contributed by atoms with Crippen molar-refractivity contribution in [2.75, 3.05) is 7.11 Å². The van der Waals surface area contributed by atoms with E-state index in [0.29, 0.717) is 5.92 Å². The number of ether oxygens (including phenoxy) is 1. The fourth-order valence-electron chi connectivity index (χ4n) is 1.46. The maximum absolute atomic E-state index is 11.8. The number of nitrogens with one attached hydrogen (secondary N) is 1. The van der Waals surface area contributed by atoms with Crippen LogP contribution in [0.3, 0.4) is 0 Å². The van der Waals surface area contributed by atoms with E-state index in [0.717, 1.165) is 12.8 Å². The first kappa shape index (κ1) is 13.0. The molecule has 0 bridgehead atoms. The third kappa shape index (κ3) is 3.48. The molecule has 1 saturated carbocycles. The molecule has 0 heterocycles. The molecular weight excluding hydrogens is 210 g/mol. The Kier molecular flexibility index (Phi) is 3.91. The van der Waals surface area contributed by atoms with E-state index >= 15 is 0 Å². The SMILES string of the molecule is COC(C)(C)C(=O)NC(CC(=O)O)C1CC1. The molecule has 1 amide bonds. The van der Waals surface area contributed by atoms with E-state index in [2.05, 4.69) is 5.32 Å². The van der Waals surface area contributed by atoms with Crippen LogP contribution in [0.25, 0.3) is 0 Å². The minimum absolute atomic E-state index is 0.0177. The molecule has 2 N–H and O–H groups in total. The fourth-order valence-corrected chi connectivity index (χ4v) is 1.46. The molecule has 5 heteroatoms. The molecule has 1 aliphatic rings. The number of methoxy groups -OCH3 is 1. The average Bonchev–Trinajstić information content (AvgIpc) is 2.99. The summed E-state index contributed by atoms with van der Waals surface area (Å²) in [5.41, 5.74) is -0.911. The summed E-state index contributed by atoms with van der Waals surface area (Å²) in [6, 6.07) is -0.264. The number of rotatable bonds is 6. The van der Waals surface area contributed by atoms with Gasteiger partial charge in [0.15, 0.2) is 0 Å². The van der Waals surface area contributed by atoms with Crippen LogP contribution in [0, 0.1) is 5.92 Å². The maximum Gasteiger partial charge on any atom is 0.305 e. The van der Waals surface area contributed by atoms with E-state index in [1.165, 1.54) is 7.11 Å². The van der Waals surface area contributed by atoms with E-state index in [9.17, 15) is 9.59 Å². The van der Waals surface area contributed by atoms with E-state index in [1.807, 2.05) is 0 Å². The minimum Gasteiger partial charge on any atom is -0.481 e. The van der Waals surface area contributed by atoms with Crippen molar-refractivity contribution >= 4 is 11.9 Å². The number of hydrogen-bond donors (Lipinski definition) is 2. The van der Waals surface area contributed by atoms with E-state index < -0.39 is 11.6 Å². The number of amides is 1. The van der Waals surface area contributed by atoms with Crippen LogP contribution >= 0.6 is 0 Å². The molecule has 0 saturated heterocycles. The van der Waals surface area contributed by atoms with Gasteiger partial charge in [-0.25, -0.2) is 0 Å². The summed E-state index contributed by atoms with van der Waals surface area (Å²) in [4.78, 5) is 22.5. The molecule has 1 aliphatic carbocycles. The number of carboxylic acid groups (broad SMARTS) is 1. The highest BCUT2D eigenvalue weighted by Crippen LogP contribution is 2.34. The van der Waals surface area contributed by atoms with Crippen molar-refractivity contribution in [3.8, 4) is 0 Å². The molecule has 5 nitrogen and oxygen atoms in total. The van der Waals surface area contributed by atoms with E-state index in [1.54, 1.807) is 13.8 Å². The Morgan fingerprint density at radius 2 is 2.06 bits per heavy atom. The third-order valence-electron chi connectivity index (χ3n) is 2.96. The van der Waals surface area contributed by atoms with Crippen LogP contribution in [0.1, 0.15) is 33.1 Å². The zero-order chi connectivity index (χ0) is 12.3. The first-order valence-electron chi connectivity index (χ1n) is 5.44. The molecule has 0 radical (unpaired) electrons. The van der Waals surface area contributed by atoms with Crippen LogP contribution in [-0.4, -0.2) is 35.7 Å². The standard InChI is InChI=1S/C11H19NO4/c1-11(2,16-3)10(15)12-8(6-9(13)14)7-4-5-7/h7-8H,4-6H2,1-3H3,(H,12,15)(H,13,14). The lowest BCUT2D eigenvalue weighted by molar-refractivity contribution is -0.142. The molecule has 0 aromatic carbocycles. The second-order valence-electron chi connectivity index (χ2n) is 4.73. The van der Waals surface area contributed by atoms with Crippen molar-refractivity contribution in [3.63, 3.8) is 0 Å². The predicted octanol–water partition coefficient (Wildman–Crippen LogP) is 0.781. The van der Waals surface area contributed by atoms with Gasteiger partial charge in [-0.05, 0) is 32.6 Å². The van der Waals surface area contributed by atoms with Crippen LogP contribution in [0.15, 0.2) is 0 Å². The highest BCUT2D eigenvalue weighted by molar-refractivity contribution is 5.85. The van der Waals surface area contributed by atoms with Gasteiger partial charge in [0, 0.05) is 13.2 Å². The lowest BCUT2D eigenvalue weighted by Crippen LogP contribution is -2.49. The normalized spacial score (nSPS) is 17.9. The summed E-state index contributed by atoms with van der Waals surface area (Å²) < 4.78 is 5.05. The topological polar surface area (TPSA) is 75.6 Å². The highest BCUT2D eigenvalue weighted by atomic mass is 16.5. The van der Waals surface area contributed by atoms with Gasteiger partial charge in [0.05, 0.1) is 6.42 Å². The van der Waals surface area contributed by atoms with Gasteiger partial charge in [-0.15, -0.1) is 0 Å². The molecule has 92 valence electrons. The monoisotopic (exact) mass is 229 g/mol. The van der Waals surface area contributed by atoms with E-state index in [-0.39, 0.29) is 18.4 Å². The summed E-state index contributed by atoms with van der Waals surface area (Å²) in [5, 5.41) is 11.5. The van der Waals surface area contributed by atoms with Gasteiger partial charge in [0.2, 0.25) is 0 Å². The van der Waals surface area contributed by atoms with E-state index in [4.69, 9.17) is 9.84 Å². The largest absolute Gasteiger partial charge is 0.481 e. The number of hydrogen-bond acceptors (Lipinski definition) is 3. The van der Waals surface area contributed by atoms with Gasteiger partial charge in [-0.3, -0.25) is 9.59 Å². The number of carbonyl (C=O) groups is 2. The molecule has 1 unspecified atom stereocenters. The Bertz CT molecular complexity index is 284. The predicted molar refractivity (Wildman–Crippen MR) is 58.0 cm³/mol. The maximum atomic E-state index is 11.8. The molecule has 0 spiro atoms.